The van der Waals surface area contributed by atoms with Gasteiger partial charge in [-0.3, -0.25) is 4.79 Å². The SMILES string of the molecule is CN1CCC[C@H]1COc1cc(NC(=O)c2cccnc2Cl)cc(C(F)(F)F)c1. The third kappa shape index (κ3) is 4.94. The van der Waals surface area contributed by atoms with Gasteiger partial charge in [0.25, 0.3) is 5.91 Å². The van der Waals surface area contributed by atoms with Crippen LogP contribution in [0, 0.1) is 0 Å². The van der Waals surface area contributed by atoms with Crippen LogP contribution in [0.3, 0.4) is 0 Å². The number of likely N-dealkylation sites (tertiary alicyclic amines) is 1. The average Bonchev–Trinajstić information content (AvgIpc) is 3.04. The van der Waals surface area contributed by atoms with Crippen LogP contribution >= 0.6 is 11.6 Å². The van der Waals surface area contributed by atoms with Crippen molar-refractivity contribution in [2.45, 2.75) is 25.1 Å². The second-order valence-corrected chi connectivity index (χ2v) is 6.99. The highest BCUT2D eigenvalue weighted by Crippen LogP contribution is 2.34. The van der Waals surface area contributed by atoms with E-state index < -0.39 is 17.6 Å². The van der Waals surface area contributed by atoms with Gasteiger partial charge in [0.1, 0.15) is 17.5 Å². The molecule has 0 spiro atoms. The molecular weight excluding hydrogens is 395 g/mol. The van der Waals surface area contributed by atoms with Crippen LogP contribution in [-0.2, 0) is 6.18 Å². The lowest BCUT2D eigenvalue weighted by Gasteiger charge is -2.20. The van der Waals surface area contributed by atoms with Gasteiger partial charge in [0.2, 0.25) is 0 Å². The van der Waals surface area contributed by atoms with Gasteiger partial charge in [0.15, 0.2) is 0 Å². The molecule has 0 aliphatic carbocycles. The number of ether oxygens (including phenoxy) is 1. The number of rotatable bonds is 5. The second kappa shape index (κ2) is 8.36. The molecule has 1 aliphatic heterocycles. The number of pyridine rings is 1. The van der Waals surface area contributed by atoms with Crippen LogP contribution < -0.4 is 10.1 Å². The Kier molecular flexibility index (Phi) is 6.10. The molecule has 2 aromatic rings. The molecule has 150 valence electrons. The van der Waals surface area contributed by atoms with Gasteiger partial charge in [-0.15, -0.1) is 0 Å². The highest BCUT2D eigenvalue weighted by Gasteiger charge is 2.32. The van der Waals surface area contributed by atoms with E-state index in [2.05, 4.69) is 15.2 Å². The largest absolute Gasteiger partial charge is 0.492 e. The first-order valence-corrected chi connectivity index (χ1v) is 9.09. The van der Waals surface area contributed by atoms with Crippen molar-refractivity contribution in [2.24, 2.45) is 0 Å². The predicted octanol–water partition coefficient (Wildman–Crippen LogP) is 4.48. The first-order chi connectivity index (χ1) is 13.2. The van der Waals surface area contributed by atoms with Gasteiger partial charge >= 0.3 is 6.18 Å². The van der Waals surface area contributed by atoms with Crippen LogP contribution in [0.4, 0.5) is 18.9 Å². The Hall–Kier alpha value is -2.32. The lowest BCUT2D eigenvalue weighted by atomic mass is 10.1. The number of halogens is 4. The number of aromatic nitrogens is 1. The Balaban J connectivity index is 1.81. The molecule has 1 fully saturated rings. The number of anilines is 1. The van der Waals surface area contributed by atoms with Gasteiger partial charge in [0, 0.05) is 24.0 Å². The van der Waals surface area contributed by atoms with E-state index in [0.29, 0.717) is 0 Å². The molecule has 1 aromatic heterocycles. The van der Waals surface area contributed by atoms with Crippen LogP contribution in [0.1, 0.15) is 28.8 Å². The molecule has 0 unspecified atom stereocenters. The maximum absolute atomic E-state index is 13.3. The maximum Gasteiger partial charge on any atom is 0.416 e. The summed E-state index contributed by atoms with van der Waals surface area (Å²) in [4.78, 5) is 18.3. The van der Waals surface area contributed by atoms with E-state index in [1.54, 1.807) is 0 Å². The average molecular weight is 414 g/mol. The van der Waals surface area contributed by atoms with E-state index in [-0.39, 0.29) is 34.8 Å². The molecule has 1 saturated heterocycles. The topological polar surface area (TPSA) is 54.5 Å². The zero-order chi connectivity index (χ0) is 20.3. The molecule has 2 heterocycles. The molecule has 1 amide bonds. The highest BCUT2D eigenvalue weighted by atomic mass is 35.5. The summed E-state index contributed by atoms with van der Waals surface area (Å²) in [6.07, 6.45) is -1.21. The van der Waals surface area contributed by atoms with Crippen molar-refractivity contribution in [3.8, 4) is 5.75 Å². The first-order valence-electron chi connectivity index (χ1n) is 8.71. The molecule has 1 atom stereocenters. The molecule has 1 N–H and O–H groups in total. The molecule has 28 heavy (non-hydrogen) atoms. The Morgan fingerprint density at radius 1 is 1.39 bits per heavy atom. The van der Waals surface area contributed by atoms with E-state index in [4.69, 9.17) is 16.3 Å². The van der Waals surface area contributed by atoms with Crippen molar-refractivity contribution in [1.29, 1.82) is 0 Å². The van der Waals surface area contributed by atoms with E-state index in [1.807, 2.05) is 7.05 Å². The number of nitrogens with one attached hydrogen (secondary N) is 1. The fourth-order valence-electron chi connectivity index (χ4n) is 3.05. The molecule has 3 rings (SSSR count). The Labute approximate surface area is 165 Å². The molecule has 1 aliphatic rings. The molecule has 9 heteroatoms. The summed E-state index contributed by atoms with van der Waals surface area (Å²) in [5.41, 5.74) is -0.872. The molecule has 1 aromatic carbocycles. The normalized spacial score (nSPS) is 17.5. The van der Waals surface area contributed by atoms with E-state index >= 15 is 0 Å². The number of alkyl halides is 3. The molecule has 5 nitrogen and oxygen atoms in total. The fourth-order valence-corrected chi connectivity index (χ4v) is 3.26. The van der Waals surface area contributed by atoms with Crippen LogP contribution in [0.2, 0.25) is 5.15 Å². The lowest BCUT2D eigenvalue weighted by molar-refractivity contribution is -0.137. The van der Waals surface area contributed by atoms with Gasteiger partial charge in [-0.05, 0) is 50.7 Å². The lowest BCUT2D eigenvalue weighted by Crippen LogP contribution is -2.30. The number of nitrogens with zero attached hydrogens (tertiary/aromatic N) is 2. The Morgan fingerprint density at radius 2 is 2.18 bits per heavy atom. The van der Waals surface area contributed by atoms with Gasteiger partial charge in [-0.1, -0.05) is 11.6 Å². The van der Waals surface area contributed by atoms with E-state index in [0.717, 1.165) is 31.5 Å². The predicted molar refractivity (Wildman–Crippen MR) is 99.8 cm³/mol. The highest BCUT2D eigenvalue weighted by molar-refractivity contribution is 6.33. The van der Waals surface area contributed by atoms with E-state index in [9.17, 15) is 18.0 Å². The number of carbonyl (C=O) groups excluding carboxylic acids is 1. The summed E-state index contributed by atoms with van der Waals surface area (Å²) in [6.45, 7) is 1.21. The van der Waals surface area contributed by atoms with Crippen molar-refractivity contribution in [3.05, 3.63) is 52.8 Å². The third-order valence-corrected chi connectivity index (χ3v) is 4.91. The van der Waals surface area contributed by atoms with Crippen molar-refractivity contribution < 1.29 is 22.7 Å². The summed E-state index contributed by atoms with van der Waals surface area (Å²) in [6, 6.07) is 6.26. The van der Waals surface area contributed by atoms with Gasteiger partial charge < -0.3 is 15.0 Å². The quantitative estimate of drug-likeness (QED) is 0.734. The number of hydrogen-bond donors (Lipinski definition) is 1. The Morgan fingerprint density at radius 3 is 2.82 bits per heavy atom. The van der Waals surface area contributed by atoms with Crippen molar-refractivity contribution in [2.75, 3.05) is 25.5 Å². The molecular formula is C19H19ClF3N3O2. The van der Waals surface area contributed by atoms with E-state index in [1.165, 1.54) is 24.4 Å². The van der Waals surface area contributed by atoms with Crippen LogP contribution in [-0.4, -0.2) is 42.0 Å². The minimum Gasteiger partial charge on any atom is -0.492 e. The molecule has 0 radical (unpaired) electrons. The number of benzene rings is 1. The van der Waals surface area contributed by atoms with Crippen molar-refractivity contribution >= 4 is 23.2 Å². The monoisotopic (exact) mass is 413 g/mol. The molecule has 0 saturated carbocycles. The minimum atomic E-state index is -4.57. The summed E-state index contributed by atoms with van der Waals surface area (Å²) < 4.78 is 45.4. The van der Waals surface area contributed by atoms with Gasteiger partial charge in [-0.25, -0.2) is 4.98 Å². The van der Waals surface area contributed by atoms with Crippen molar-refractivity contribution in [3.63, 3.8) is 0 Å². The third-order valence-electron chi connectivity index (χ3n) is 4.61. The number of hydrogen-bond acceptors (Lipinski definition) is 4. The van der Waals surface area contributed by atoms with Crippen LogP contribution in [0.15, 0.2) is 36.5 Å². The second-order valence-electron chi connectivity index (χ2n) is 6.63. The fraction of sp³-hybridized carbons (Fsp3) is 0.368. The Bertz CT molecular complexity index is 861. The van der Waals surface area contributed by atoms with Crippen molar-refractivity contribution in [1.82, 2.24) is 9.88 Å². The summed E-state index contributed by atoms with van der Waals surface area (Å²) >= 11 is 5.88. The standard InChI is InChI=1S/C19H19ClF3N3O2/c1-26-7-3-4-14(26)11-28-15-9-12(19(21,22)23)8-13(10-15)25-18(27)16-5-2-6-24-17(16)20/h2,5-6,8-10,14H,3-4,7,11H2,1H3,(H,25,27)/t14-/m0/s1. The number of carbonyl (C=O) groups is 1. The summed E-state index contributed by atoms with van der Waals surface area (Å²) in [5.74, 6) is -0.610. The van der Waals surface area contributed by atoms with Gasteiger partial charge in [-0.2, -0.15) is 13.2 Å². The number of likely N-dealkylation sites (N-methyl/N-ethyl adjacent to an activating group) is 1. The van der Waals surface area contributed by atoms with Crippen LogP contribution in [0.5, 0.6) is 5.75 Å². The maximum atomic E-state index is 13.3. The smallest absolute Gasteiger partial charge is 0.416 e. The summed E-state index contributed by atoms with van der Waals surface area (Å²) in [5, 5.41) is 2.40. The van der Waals surface area contributed by atoms with Crippen LogP contribution in [0.25, 0.3) is 0 Å². The first kappa shape index (κ1) is 20.4. The summed E-state index contributed by atoms with van der Waals surface area (Å²) in [7, 11) is 1.95. The van der Waals surface area contributed by atoms with Gasteiger partial charge in [0.05, 0.1) is 11.1 Å². The minimum absolute atomic E-state index is 0.0329. The zero-order valence-corrected chi connectivity index (χ0v) is 15.8. The number of amides is 1. The molecule has 0 bridgehead atoms. The zero-order valence-electron chi connectivity index (χ0n) is 15.1.